The van der Waals surface area contributed by atoms with Crippen molar-refractivity contribution >= 4 is 12.2 Å². The number of hydrogen-bond donors (Lipinski definition) is 2. The first-order valence-electron chi connectivity index (χ1n) is 7.25. The van der Waals surface area contributed by atoms with Gasteiger partial charge in [0, 0.05) is 0 Å². The van der Waals surface area contributed by atoms with Crippen molar-refractivity contribution in [2.75, 3.05) is 13.7 Å². The Morgan fingerprint density at radius 1 is 1.32 bits per heavy atom. The minimum absolute atomic E-state index is 0.147. The van der Waals surface area contributed by atoms with E-state index < -0.39 is 11.7 Å². The van der Waals surface area contributed by atoms with Crippen molar-refractivity contribution < 1.29 is 19.4 Å². The van der Waals surface area contributed by atoms with Crippen molar-refractivity contribution in [3.05, 3.63) is 35.9 Å². The van der Waals surface area contributed by atoms with Crippen LogP contribution in [0.4, 0.5) is 4.79 Å². The van der Waals surface area contributed by atoms with E-state index >= 15 is 0 Å². The summed E-state index contributed by atoms with van der Waals surface area (Å²) < 4.78 is 10.3. The van der Waals surface area contributed by atoms with Gasteiger partial charge in [0.2, 0.25) is 0 Å². The van der Waals surface area contributed by atoms with Crippen LogP contribution in [0.5, 0.6) is 5.75 Å². The first kappa shape index (κ1) is 18.0. The maximum Gasteiger partial charge on any atom is 0.407 e. The molecular weight excluding hydrogens is 282 g/mol. The van der Waals surface area contributed by atoms with Crippen LogP contribution in [0.25, 0.3) is 6.08 Å². The zero-order chi connectivity index (χ0) is 16.6. The van der Waals surface area contributed by atoms with Crippen molar-refractivity contribution in [1.29, 1.82) is 0 Å². The van der Waals surface area contributed by atoms with Crippen molar-refractivity contribution in [2.24, 2.45) is 0 Å². The van der Waals surface area contributed by atoms with Gasteiger partial charge in [-0.25, -0.2) is 4.79 Å². The topological polar surface area (TPSA) is 67.8 Å². The number of hydrogen-bond acceptors (Lipinski definition) is 4. The molecule has 1 atom stereocenters. The number of carbonyl (C=O) groups excluding carboxylic acids is 1. The Morgan fingerprint density at radius 2 is 1.95 bits per heavy atom. The first-order chi connectivity index (χ1) is 10.3. The van der Waals surface area contributed by atoms with Gasteiger partial charge < -0.3 is 19.9 Å². The SMILES string of the molecule is COc1ccc(C=CCC(CO)NC(=O)OC(C)(C)C)cc1. The lowest BCUT2D eigenvalue weighted by atomic mass is 10.1. The van der Waals surface area contributed by atoms with Gasteiger partial charge in [-0.1, -0.05) is 24.3 Å². The Morgan fingerprint density at radius 3 is 2.45 bits per heavy atom. The summed E-state index contributed by atoms with van der Waals surface area (Å²) in [4.78, 5) is 11.6. The predicted octanol–water partition coefficient (Wildman–Crippen LogP) is 2.98. The molecule has 1 rings (SSSR count). The third-order valence-electron chi connectivity index (χ3n) is 2.79. The fraction of sp³-hybridized carbons (Fsp3) is 0.471. The maximum absolute atomic E-state index is 11.6. The quantitative estimate of drug-likeness (QED) is 0.848. The van der Waals surface area contributed by atoms with E-state index in [0.29, 0.717) is 6.42 Å². The van der Waals surface area contributed by atoms with Gasteiger partial charge >= 0.3 is 6.09 Å². The van der Waals surface area contributed by atoms with E-state index in [-0.39, 0.29) is 12.6 Å². The van der Waals surface area contributed by atoms with Crippen molar-refractivity contribution in [3.63, 3.8) is 0 Å². The molecule has 122 valence electrons. The number of ether oxygens (including phenoxy) is 2. The zero-order valence-electron chi connectivity index (χ0n) is 13.6. The molecule has 1 amide bonds. The highest BCUT2D eigenvalue weighted by molar-refractivity contribution is 5.68. The fourth-order valence-corrected chi connectivity index (χ4v) is 1.74. The van der Waals surface area contributed by atoms with E-state index in [4.69, 9.17) is 9.47 Å². The third kappa shape index (κ3) is 7.13. The molecule has 22 heavy (non-hydrogen) atoms. The molecule has 2 N–H and O–H groups in total. The van der Waals surface area contributed by atoms with Crippen molar-refractivity contribution in [2.45, 2.75) is 38.8 Å². The van der Waals surface area contributed by atoms with Crippen LogP contribution in [0, 0.1) is 0 Å². The third-order valence-corrected chi connectivity index (χ3v) is 2.79. The highest BCUT2D eigenvalue weighted by Gasteiger charge is 2.18. The summed E-state index contributed by atoms with van der Waals surface area (Å²) in [7, 11) is 1.62. The van der Waals surface area contributed by atoms with Gasteiger partial charge in [-0.05, 0) is 44.9 Å². The number of aliphatic hydroxyl groups is 1. The Hall–Kier alpha value is -2.01. The van der Waals surface area contributed by atoms with Crippen molar-refractivity contribution in [3.8, 4) is 5.75 Å². The molecule has 0 bridgehead atoms. The zero-order valence-corrected chi connectivity index (χ0v) is 13.6. The number of carbonyl (C=O) groups is 1. The van der Waals surface area contributed by atoms with Crippen LogP contribution in [-0.4, -0.2) is 36.6 Å². The minimum Gasteiger partial charge on any atom is -0.497 e. The number of alkyl carbamates (subject to hydrolysis) is 1. The molecule has 0 radical (unpaired) electrons. The van der Waals surface area contributed by atoms with Gasteiger partial charge in [-0.3, -0.25) is 0 Å². The number of methoxy groups -OCH3 is 1. The molecule has 0 saturated heterocycles. The summed E-state index contributed by atoms with van der Waals surface area (Å²) in [5.74, 6) is 0.803. The second kappa shape index (κ2) is 8.44. The molecule has 0 aliphatic rings. The summed E-state index contributed by atoms with van der Waals surface area (Å²) in [6.07, 6.45) is 3.82. The monoisotopic (exact) mass is 307 g/mol. The molecule has 1 aromatic carbocycles. The summed E-state index contributed by atoms with van der Waals surface area (Å²) in [5.41, 5.74) is 0.470. The second-order valence-electron chi connectivity index (χ2n) is 5.94. The average molecular weight is 307 g/mol. The summed E-state index contributed by atoms with van der Waals surface area (Å²) in [6, 6.07) is 7.25. The van der Waals surface area contributed by atoms with E-state index in [0.717, 1.165) is 11.3 Å². The van der Waals surface area contributed by atoms with Crippen LogP contribution in [-0.2, 0) is 4.74 Å². The van der Waals surface area contributed by atoms with Gasteiger partial charge in [0.1, 0.15) is 11.4 Å². The Bertz CT molecular complexity index is 488. The molecule has 1 aromatic rings. The van der Waals surface area contributed by atoms with Crippen molar-refractivity contribution in [1.82, 2.24) is 5.32 Å². The lowest BCUT2D eigenvalue weighted by Gasteiger charge is -2.22. The van der Waals surface area contributed by atoms with E-state index in [1.165, 1.54) is 0 Å². The minimum atomic E-state index is -0.553. The Labute approximate surface area is 131 Å². The lowest BCUT2D eigenvalue weighted by Crippen LogP contribution is -2.40. The summed E-state index contributed by atoms with van der Waals surface area (Å²) >= 11 is 0. The highest BCUT2D eigenvalue weighted by Crippen LogP contribution is 2.13. The standard InChI is InChI=1S/C17H25NO4/c1-17(2,3)22-16(20)18-14(12-19)7-5-6-13-8-10-15(21-4)11-9-13/h5-6,8-11,14,19H,7,12H2,1-4H3,(H,18,20). The number of benzene rings is 1. The molecule has 0 fully saturated rings. The van der Waals surface area contributed by atoms with Crippen LogP contribution < -0.4 is 10.1 Å². The molecule has 0 heterocycles. The smallest absolute Gasteiger partial charge is 0.407 e. The van der Waals surface area contributed by atoms with Gasteiger partial charge in [0.05, 0.1) is 19.8 Å². The molecule has 0 aliphatic carbocycles. The number of rotatable bonds is 6. The first-order valence-corrected chi connectivity index (χ1v) is 7.25. The van der Waals surface area contributed by atoms with Gasteiger partial charge in [-0.2, -0.15) is 0 Å². The van der Waals surface area contributed by atoms with Crippen LogP contribution in [0.15, 0.2) is 30.3 Å². The molecule has 0 aliphatic heterocycles. The normalized spacial score (nSPS) is 13.0. The molecule has 5 heteroatoms. The fourth-order valence-electron chi connectivity index (χ4n) is 1.74. The van der Waals surface area contributed by atoms with Gasteiger partial charge in [-0.15, -0.1) is 0 Å². The number of amides is 1. The highest BCUT2D eigenvalue weighted by atomic mass is 16.6. The lowest BCUT2D eigenvalue weighted by molar-refractivity contribution is 0.0484. The number of nitrogens with one attached hydrogen (secondary N) is 1. The van der Waals surface area contributed by atoms with E-state index in [9.17, 15) is 9.90 Å². The largest absolute Gasteiger partial charge is 0.497 e. The summed E-state index contributed by atoms with van der Waals surface area (Å²) in [5, 5.41) is 12.0. The Kier molecular flexibility index (Phi) is 6.92. The second-order valence-corrected chi connectivity index (χ2v) is 5.94. The molecule has 0 saturated carbocycles. The molecule has 1 unspecified atom stereocenters. The summed E-state index contributed by atoms with van der Waals surface area (Å²) in [6.45, 7) is 5.24. The Balaban J connectivity index is 2.48. The van der Waals surface area contributed by atoms with Gasteiger partial charge in [0.15, 0.2) is 0 Å². The molecule has 0 aromatic heterocycles. The maximum atomic E-state index is 11.6. The molecule has 0 spiro atoms. The number of aliphatic hydroxyl groups excluding tert-OH is 1. The van der Waals surface area contributed by atoms with E-state index in [2.05, 4.69) is 5.32 Å². The van der Waals surface area contributed by atoms with Crippen LogP contribution in [0.2, 0.25) is 0 Å². The average Bonchev–Trinajstić information content (AvgIpc) is 2.45. The molecular formula is C17H25NO4. The van der Waals surface area contributed by atoms with Crippen LogP contribution >= 0.6 is 0 Å². The van der Waals surface area contributed by atoms with Gasteiger partial charge in [0.25, 0.3) is 0 Å². The van der Waals surface area contributed by atoms with E-state index in [1.54, 1.807) is 27.9 Å². The van der Waals surface area contributed by atoms with Crippen LogP contribution in [0.3, 0.4) is 0 Å². The van der Waals surface area contributed by atoms with E-state index in [1.807, 2.05) is 36.4 Å². The van der Waals surface area contributed by atoms with Crippen LogP contribution in [0.1, 0.15) is 32.8 Å². The molecule has 5 nitrogen and oxygen atoms in total. The predicted molar refractivity (Wildman–Crippen MR) is 86.9 cm³/mol.